The van der Waals surface area contributed by atoms with Crippen LogP contribution in [0.25, 0.3) is 0 Å². The number of hydrogen-bond acceptors (Lipinski definition) is 1. The molecule has 2 aliphatic carbocycles. The molecule has 1 fully saturated rings. The van der Waals surface area contributed by atoms with Crippen LogP contribution < -0.4 is 5.32 Å². The van der Waals surface area contributed by atoms with Crippen LogP contribution in [0.4, 0.5) is 23.2 Å². The number of benzene rings is 1. The molecule has 3 rings (SSSR count). The summed E-state index contributed by atoms with van der Waals surface area (Å²) in [5, 5.41) is 2.62. The molecule has 2 aliphatic rings. The SMILES string of the molecule is CC(Nc1c(F)c(F)cc(F)c1F)C1CC2C=CC1C2. The van der Waals surface area contributed by atoms with Gasteiger partial charge < -0.3 is 5.32 Å². The van der Waals surface area contributed by atoms with E-state index < -0.39 is 29.0 Å². The predicted molar refractivity (Wildman–Crippen MR) is 68.2 cm³/mol. The molecule has 5 heteroatoms. The van der Waals surface area contributed by atoms with Crippen molar-refractivity contribution in [2.24, 2.45) is 17.8 Å². The van der Waals surface area contributed by atoms with E-state index in [1.165, 1.54) is 0 Å². The van der Waals surface area contributed by atoms with E-state index in [0.717, 1.165) is 12.8 Å². The molecule has 0 spiro atoms. The lowest BCUT2D eigenvalue weighted by molar-refractivity contribution is 0.393. The quantitative estimate of drug-likeness (QED) is 0.497. The predicted octanol–water partition coefficient (Wildman–Crippen LogP) is 4.26. The molecule has 2 bridgehead atoms. The van der Waals surface area contributed by atoms with Crippen LogP contribution in [0.5, 0.6) is 0 Å². The Morgan fingerprint density at radius 3 is 2.20 bits per heavy atom. The van der Waals surface area contributed by atoms with Gasteiger partial charge in [-0.3, -0.25) is 0 Å². The van der Waals surface area contributed by atoms with Gasteiger partial charge in [-0.05, 0) is 37.5 Å². The fourth-order valence-electron chi connectivity index (χ4n) is 3.43. The number of fused-ring (bicyclic) bond motifs is 2. The number of anilines is 1. The molecule has 0 aromatic heterocycles. The summed E-state index contributed by atoms with van der Waals surface area (Å²) in [5.74, 6) is -4.36. The topological polar surface area (TPSA) is 12.0 Å². The second kappa shape index (κ2) is 4.79. The standard InChI is InChI=1S/C15H15F4N/c1-7(10-5-8-2-3-9(10)4-8)20-15-13(18)11(16)6-12(17)14(15)19/h2-3,6-10,20H,4-5H2,1H3. The molecule has 1 aromatic rings. The molecule has 0 amide bonds. The molecule has 0 radical (unpaired) electrons. The van der Waals surface area contributed by atoms with Gasteiger partial charge in [0.25, 0.3) is 0 Å². The third-order valence-corrected chi connectivity index (χ3v) is 4.46. The summed E-state index contributed by atoms with van der Waals surface area (Å²) in [4.78, 5) is 0. The molecule has 0 heterocycles. The molecule has 108 valence electrons. The summed E-state index contributed by atoms with van der Waals surface area (Å²) < 4.78 is 53.6. The van der Waals surface area contributed by atoms with E-state index in [1.54, 1.807) is 6.92 Å². The zero-order valence-electron chi connectivity index (χ0n) is 11.0. The van der Waals surface area contributed by atoms with E-state index in [2.05, 4.69) is 17.5 Å². The van der Waals surface area contributed by atoms with Crippen LogP contribution in [0.3, 0.4) is 0 Å². The summed E-state index contributed by atoms with van der Waals surface area (Å²) in [7, 11) is 0. The fraction of sp³-hybridized carbons (Fsp3) is 0.467. The van der Waals surface area contributed by atoms with Gasteiger partial charge in [0.1, 0.15) is 5.69 Å². The van der Waals surface area contributed by atoms with Crippen molar-refractivity contribution in [3.05, 3.63) is 41.5 Å². The minimum absolute atomic E-state index is 0.223. The van der Waals surface area contributed by atoms with Crippen LogP contribution in [-0.4, -0.2) is 6.04 Å². The van der Waals surface area contributed by atoms with Crippen LogP contribution in [0.1, 0.15) is 19.8 Å². The molecule has 4 atom stereocenters. The molecular weight excluding hydrogens is 270 g/mol. The van der Waals surface area contributed by atoms with Gasteiger partial charge in [-0.15, -0.1) is 0 Å². The van der Waals surface area contributed by atoms with Crippen LogP contribution in [0.15, 0.2) is 18.2 Å². The van der Waals surface area contributed by atoms with E-state index in [4.69, 9.17) is 0 Å². The summed E-state index contributed by atoms with van der Waals surface area (Å²) in [6.45, 7) is 1.79. The number of rotatable bonds is 3. The van der Waals surface area contributed by atoms with E-state index >= 15 is 0 Å². The Morgan fingerprint density at radius 1 is 1.05 bits per heavy atom. The maximum atomic E-state index is 13.6. The molecular formula is C15H15F4N. The van der Waals surface area contributed by atoms with E-state index in [-0.39, 0.29) is 18.0 Å². The Bertz CT molecular complexity index is 543. The Hall–Kier alpha value is -1.52. The monoisotopic (exact) mass is 285 g/mol. The van der Waals surface area contributed by atoms with Crippen molar-refractivity contribution < 1.29 is 17.6 Å². The summed E-state index contributed by atoms with van der Waals surface area (Å²) in [5.41, 5.74) is -0.707. The lowest BCUT2D eigenvalue weighted by atomic mass is 9.87. The van der Waals surface area contributed by atoms with Crippen LogP contribution in [0.2, 0.25) is 0 Å². The lowest BCUT2D eigenvalue weighted by Crippen LogP contribution is -2.30. The summed E-state index contributed by atoms with van der Waals surface area (Å²) >= 11 is 0. The highest BCUT2D eigenvalue weighted by Crippen LogP contribution is 2.45. The molecule has 1 nitrogen and oxygen atoms in total. The fourth-order valence-corrected chi connectivity index (χ4v) is 3.43. The smallest absolute Gasteiger partial charge is 0.185 e. The highest BCUT2D eigenvalue weighted by molar-refractivity contribution is 5.48. The molecule has 1 saturated carbocycles. The van der Waals surface area contributed by atoms with Gasteiger partial charge in [-0.25, -0.2) is 17.6 Å². The molecule has 0 aliphatic heterocycles. The number of nitrogens with one attached hydrogen (secondary N) is 1. The Morgan fingerprint density at radius 2 is 1.70 bits per heavy atom. The Labute approximate surface area is 114 Å². The van der Waals surface area contributed by atoms with Gasteiger partial charge in [0, 0.05) is 12.1 Å². The number of halogens is 4. The van der Waals surface area contributed by atoms with Gasteiger partial charge in [0.2, 0.25) is 0 Å². The lowest BCUT2D eigenvalue weighted by Gasteiger charge is -2.27. The first kappa shape index (κ1) is 13.5. The Kier molecular flexibility index (Phi) is 3.22. The minimum Gasteiger partial charge on any atom is -0.377 e. The zero-order valence-corrected chi connectivity index (χ0v) is 11.0. The van der Waals surface area contributed by atoms with Crippen molar-refractivity contribution in [3.8, 4) is 0 Å². The van der Waals surface area contributed by atoms with Crippen molar-refractivity contribution in [2.45, 2.75) is 25.8 Å². The van der Waals surface area contributed by atoms with Crippen molar-refractivity contribution in [2.75, 3.05) is 5.32 Å². The Balaban J connectivity index is 1.83. The number of allylic oxidation sites excluding steroid dienone is 2. The van der Waals surface area contributed by atoms with Gasteiger partial charge in [0.05, 0.1) is 0 Å². The zero-order chi connectivity index (χ0) is 14.4. The first-order chi connectivity index (χ1) is 9.47. The van der Waals surface area contributed by atoms with Crippen molar-refractivity contribution in [1.82, 2.24) is 0 Å². The maximum Gasteiger partial charge on any atom is 0.185 e. The van der Waals surface area contributed by atoms with Gasteiger partial charge in [0.15, 0.2) is 23.3 Å². The first-order valence-corrected chi connectivity index (χ1v) is 6.75. The second-order valence-electron chi connectivity index (χ2n) is 5.72. The third-order valence-electron chi connectivity index (χ3n) is 4.46. The van der Waals surface area contributed by atoms with Crippen molar-refractivity contribution in [1.29, 1.82) is 0 Å². The molecule has 1 N–H and O–H groups in total. The van der Waals surface area contributed by atoms with E-state index in [9.17, 15) is 17.6 Å². The minimum atomic E-state index is -1.38. The average molecular weight is 285 g/mol. The molecule has 1 aromatic carbocycles. The largest absolute Gasteiger partial charge is 0.377 e. The maximum absolute atomic E-state index is 13.6. The third kappa shape index (κ3) is 2.09. The number of hydrogen-bond donors (Lipinski definition) is 1. The normalized spacial score (nSPS) is 28.9. The van der Waals surface area contributed by atoms with Gasteiger partial charge >= 0.3 is 0 Å². The first-order valence-electron chi connectivity index (χ1n) is 6.75. The van der Waals surface area contributed by atoms with Crippen molar-refractivity contribution in [3.63, 3.8) is 0 Å². The van der Waals surface area contributed by atoms with Gasteiger partial charge in [-0.1, -0.05) is 12.2 Å². The highest BCUT2D eigenvalue weighted by Gasteiger charge is 2.39. The summed E-state index contributed by atoms with van der Waals surface area (Å²) in [6.07, 6.45) is 6.28. The van der Waals surface area contributed by atoms with Crippen LogP contribution in [0, 0.1) is 41.0 Å². The second-order valence-corrected chi connectivity index (χ2v) is 5.72. The van der Waals surface area contributed by atoms with E-state index in [0.29, 0.717) is 11.8 Å². The molecule has 0 saturated heterocycles. The van der Waals surface area contributed by atoms with Crippen LogP contribution in [-0.2, 0) is 0 Å². The molecule has 4 unspecified atom stereocenters. The summed E-state index contributed by atoms with van der Waals surface area (Å²) in [6, 6.07) is -0.0269. The average Bonchev–Trinajstić information content (AvgIpc) is 3.03. The van der Waals surface area contributed by atoms with E-state index in [1.807, 2.05) is 0 Å². The molecule has 20 heavy (non-hydrogen) atoms. The van der Waals surface area contributed by atoms with Crippen molar-refractivity contribution >= 4 is 5.69 Å². The van der Waals surface area contributed by atoms with Crippen LogP contribution >= 0.6 is 0 Å². The highest BCUT2D eigenvalue weighted by atomic mass is 19.2. The van der Waals surface area contributed by atoms with Gasteiger partial charge in [-0.2, -0.15) is 0 Å².